The number of fused-ring (bicyclic) bond motifs is 6. The average molecular weight is 715 g/mol. The maximum Gasteiger partial charge on any atom is 0.238 e. The Morgan fingerprint density at radius 3 is 2.04 bits per heavy atom. The van der Waals surface area contributed by atoms with Crippen molar-refractivity contribution in [3.8, 4) is 29.1 Å². The van der Waals surface area contributed by atoms with Crippen molar-refractivity contribution in [1.29, 1.82) is 5.26 Å². The molecule has 8 aromatic rings. The lowest BCUT2D eigenvalue weighted by Gasteiger charge is -2.29. The lowest BCUT2D eigenvalue weighted by molar-refractivity contribution is -0.122. The number of nitrogens with one attached hydrogen (secondary N) is 4. The fraction of sp³-hybridized carbons (Fsp3) is 0.225. The predicted molar refractivity (Wildman–Crippen MR) is 206 cm³/mol. The zero-order chi connectivity index (χ0) is 37.3. The molecule has 0 saturated carbocycles. The molecule has 10 rings (SSSR count). The second-order valence-corrected chi connectivity index (χ2v) is 15.1. The van der Waals surface area contributed by atoms with Crippen LogP contribution in [0.4, 0.5) is 11.4 Å². The van der Waals surface area contributed by atoms with Crippen LogP contribution in [0.15, 0.2) is 66.7 Å². The molecule has 0 aliphatic carbocycles. The van der Waals surface area contributed by atoms with Crippen molar-refractivity contribution in [3.63, 3.8) is 0 Å². The molecule has 1 unspecified atom stereocenters. The van der Waals surface area contributed by atoms with E-state index < -0.39 is 16.9 Å². The summed E-state index contributed by atoms with van der Waals surface area (Å²) in [5.74, 6) is 0.676. The van der Waals surface area contributed by atoms with Gasteiger partial charge in [0.1, 0.15) is 11.4 Å². The molecule has 54 heavy (non-hydrogen) atoms. The number of nitrogens with two attached hydrogens (primary N) is 1. The molecule has 0 radical (unpaired) electrons. The van der Waals surface area contributed by atoms with E-state index in [1.54, 1.807) is 9.80 Å². The number of aromatic amines is 4. The number of carbonyl (C=O) groups is 2. The minimum atomic E-state index is -1.16. The molecule has 2 aliphatic heterocycles. The molecule has 14 heteroatoms. The molecule has 0 saturated heterocycles. The first kappa shape index (κ1) is 31.9. The third-order valence-electron chi connectivity index (χ3n) is 11.2. The summed E-state index contributed by atoms with van der Waals surface area (Å²) in [5, 5.41) is 28.3. The first-order valence-corrected chi connectivity index (χ1v) is 17.8. The SMILES string of the molecule is CC1(C)C(=O)N(C(C#N)c2c3c(cc4[nH]c(-c5n[nH]c6ccccc56)nc24)N(CCN)C(=O)C3(C)C)c2cc3[nH]c(-c4n[nH]c5ccccc45)nc3cc21. The molecule has 6 heterocycles. The lowest BCUT2D eigenvalue weighted by atomic mass is 9.80. The second-order valence-electron chi connectivity index (χ2n) is 15.1. The van der Waals surface area contributed by atoms with Gasteiger partial charge in [0.15, 0.2) is 17.7 Å². The molecular formula is C40H34N12O2. The Morgan fingerprint density at radius 2 is 1.39 bits per heavy atom. The Kier molecular flexibility index (Phi) is 6.40. The molecule has 266 valence electrons. The summed E-state index contributed by atoms with van der Waals surface area (Å²) in [6, 6.07) is 22.6. The molecule has 2 aliphatic rings. The molecule has 4 aromatic heterocycles. The molecule has 4 aromatic carbocycles. The van der Waals surface area contributed by atoms with E-state index in [1.165, 1.54) is 0 Å². The highest BCUT2D eigenvalue weighted by Gasteiger charge is 2.52. The maximum atomic E-state index is 14.7. The van der Waals surface area contributed by atoms with E-state index >= 15 is 0 Å². The highest BCUT2D eigenvalue weighted by molar-refractivity contribution is 6.14. The standard InChI is InChI=1S/C40H34N12O2/c1-39(2)21-15-24-25(44-35(43-24)32-19-9-5-7-11-22(19)47-49-32)16-27(21)52(38(39)54)29(18-42)30-31-28(51(14-13-41)37(53)40(31,3)4)17-26-34(30)46-36(45-26)33-20-10-6-8-12-23(20)48-50-33/h5-12,15-17,29H,13-14,41H2,1-4H3,(H,43,44)(H,45,46)(H,47,49)(H,48,50). The minimum Gasteiger partial charge on any atom is -0.337 e. The van der Waals surface area contributed by atoms with Gasteiger partial charge in [0, 0.05) is 29.4 Å². The molecule has 14 nitrogen and oxygen atoms in total. The molecule has 0 spiro atoms. The fourth-order valence-electron chi connectivity index (χ4n) is 8.49. The van der Waals surface area contributed by atoms with Gasteiger partial charge in [-0.15, -0.1) is 0 Å². The van der Waals surface area contributed by atoms with E-state index in [1.807, 2.05) is 94.4 Å². The number of aromatic nitrogens is 8. The molecule has 2 amide bonds. The third-order valence-corrected chi connectivity index (χ3v) is 11.2. The molecule has 1 atom stereocenters. The minimum absolute atomic E-state index is 0.141. The number of carbonyl (C=O) groups excluding carboxylic acids is 2. The third kappa shape index (κ3) is 4.12. The van der Waals surface area contributed by atoms with Crippen LogP contribution in [0, 0.1) is 11.3 Å². The number of anilines is 2. The van der Waals surface area contributed by atoms with Crippen LogP contribution in [0.1, 0.15) is 50.4 Å². The Bertz CT molecular complexity index is 2950. The van der Waals surface area contributed by atoms with Crippen LogP contribution < -0.4 is 15.5 Å². The number of para-hydroxylation sites is 2. The Hall–Kier alpha value is -6.85. The van der Waals surface area contributed by atoms with Crippen LogP contribution in [0.5, 0.6) is 0 Å². The van der Waals surface area contributed by atoms with Crippen LogP contribution in [0.2, 0.25) is 0 Å². The van der Waals surface area contributed by atoms with Crippen molar-refractivity contribution in [2.24, 2.45) is 5.73 Å². The second kappa shape index (κ2) is 10.8. The summed E-state index contributed by atoms with van der Waals surface area (Å²) in [5.41, 5.74) is 12.5. The van der Waals surface area contributed by atoms with Crippen molar-refractivity contribution in [3.05, 3.63) is 83.4 Å². The Labute approximate surface area is 307 Å². The highest BCUT2D eigenvalue weighted by Crippen LogP contribution is 2.53. The van der Waals surface area contributed by atoms with Crippen LogP contribution in [-0.4, -0.2) is 65.2 Å². The van der Waals surface area contributed by atoms with Gasteiger partial charge in [0.05, 0.1) is 61.4 Å². The van der Waals surface area contributed by atoms with E-state index in [2.05, 4.69) is 36.4 Å². The van der Waals surface area contributed by atoms with E-state index in [-0.39, 0.29) is 24.9 Å². The van der Waals surface area contributed by atoms with Crippen LogP contribution >= 0.6 is 0 Å². The monoisotopic (exact) mass is 714 g/mol. The number of hydrogen-bond acceptors (Lipinski definition) is 8. The zero-order valence-electron chi connectivity index (χ0n) is 29.9. The number of rotatable bonds is 6. The molecular weight excluding hydrogens is 681 g/mol. The molecule has 0 fully saturated rings. The normalized spacial score (nSPS) is 16.6. The number of hydrogen-bond donors (Lipinski definition) is 5. The van der Waals surface area contributed by atoms with E-state index in [0.717, 1.165) is 27.4 Å². The van der Waals surface area contributed by atoms with Crippen molar-refractivity contribution < 1.29 is 9.59 Å². The largest absolute Gasteiger partial charge is 0.337 e. The Balaban J connectivity index is 1.20. The van der Waals surface area contributed by atoms with E-state index in [4.69, 9.17) is 15.7 Å². The number of amides is 2. The highest BCUT2D eigenvalue weighted by atomic mass is 16.2. The first-order chi connectivity index (χ1) is 26.0. The van der Waals surface area contributed by atoms with Gasteiger partial charge in [0.25, 0.3) is 0 Å². The van der Waals surface area contributed by atoms with Gasteiger partial charge in [-0.05, 0) is 69.2 Å². The van der Waals surface area contributed by atoms with Gasteiger partial charge in [-0.1, -0.05) is 36.4 Å². The van der Waals surface area contributed by atoms with E-state index in [0.29, 0.717) is 67.6 Å². The summed E-state index contributed by atoms with van der Waals surface area (Å²) in [4.78, 5) is 48.9. The van der Waals surface area contributed by atoms with Gasteiger partial charge >= 0.3 is 0 Å². The van der Waals surface area contributed by atoms with E-state index in [9.17, 15) is 14.9 Å². The fourth-order valence-corrected chi connectivity index (χ4v) is 8.49. The number of H-pyrrole nitrogens is 4. The van der Waals surface area contributed by atoms with Crippen LogP contribution in [-0.2, 0) is 20.4 Å². The van der Waals surface area contributed by atoms with Crippen molar-refractivity contribution in [1.82, 2.24) is 40.3 Å². The van der Waals surface area contributed by atoms with Crippen LogP contribution in [0.3, 0.4) is 0 Å². The van der Waals surface area contributed by atoms with Gasteiger partial charge in [-0.25, -0.2) is 9.97 Å². The summed E-state index contributed by atoms with van der Waals surface area (Å²) >= 11 is 0. The number of nitrogens with zero attached hydrogens (tertiary/aromatic N) is 7. The quantitative estimate of drug-likeness (QED) is 0.138. The van der Waals surface area contributed by atoms with Crippen molar-refractivity contribution in [2.45, 2.75) is 44.6 Å². The lowest BCUT2D eigenvalue weighted by Crippen LogP contribution is -2.40. The maximum absolute atomic E-state index is 14.7. The topological polar surface area (TPSA) is 205 Å². The summed E-state index contributed by atoms with van der Waals surface area (Å²) < 4.78 is 0. The molecule has 6 N–H and O–H groups in total. The average Bonchev–Trinajstić information content (AvgIpc) is 4.01. The predicted octanol–water partition coefficient (Wildman–Crippen LogP) is 6.00. The molecule has 0 bridgehead atoms. The van der Waals surface area contributed by atoms with Gasteiger partial charge in [0.2, 0.25) is 11.8 Å². The van der Waals surface area contributed by atoms with Gasteiger partial charge in [-0.3, -0.25) is 24.7 Å². The number of nitriles is 1. The van der Waals surface area contributed by atoms with Gasteiger partial charge < -0.3 is 20.6 Å². The smallest absolute Gasteiger partial charge is 0.238 e. The summed E-state index contributed by atoms with van der Waals surface area (Å²) in [6.07, 6.45) is 0. The summed E-state index contributed by atoms with van der Waals surface area (Å²) in [6.45, 7) is 7.95. The zero-order valence-corrected chi connectivity index (χ0v) is 29.9. The van der Waals surface area contributed by atoms with Crippen molar-refractivity contribution in [2.75, 3.05) is 22.9 Å². The summed E-state index contributed by atoms with van der Waals surface area (Å²) in [7, 11) is 0. The van der Waals surface area contributed by atoms with Crippen LogP contribution in [0.25, 0.3) is 66.9 Å². The van der Waals surface area contributed by atoms with Crippen molar-refractivity contribution >= 4 is 67.1 Å². The Morgan fingerprint density at radius 1 is 0.778 bits per heavy atom. The first-order valence-electron chi connectivity index (χ1n) is 17.8. The van der Waals surface area contributed by atoms with Gasteiger partial charge in [-0.2, -0.15) is 15.5 Å². The number of benzene rings is 4. The number of imidazole rings is 2.